The summed E-state index contributed by atoms with van der Waals surface area (Å²) in [6.07, 6.45) is 0. The minimum absolute atomic E-state index is 0. The van der Waals surface area contributed by atoms with Crippen LogP contribution in [0.4, 0.5) is 0 Å². The van der Waals surface area contributed by atoms with Crippen LogP contribution in [-0.4, -0.2) is 54.4 Å². The van der Waals surface area contributed by atoms with Gasteiger partial charge in [0, 0.05) is 44.9 Å². The first-order valence-electron chi connectivity index (χ1n) is 11.0. The zero-order valence-corrected chi connectivity index (χ0v) is 19.7. The van der Waals surface area contributed by atoms with Crippen molar-refractivity contribution >= 4 is 24.2 Å². The molecular formula is C25H32ClN3O3. The van der Waals surface area contributed by atoms with Gasteiger partial charge >= 0.3 is 0 Å². The topological polar surface area (TPSA) is 75.9 Å². The molecule has 4 rings (SSSR count). The second-order valence-corrected chi connectivity index (χ2v) is 8.74. The smallest absolute Gasteiger partial charge is 0.257 e. The number of carbonyl (C=O) groups excluding carboxylic acids is 2. The Morgan fingerprint density at radius 1 is 1.09 bits per heavy atom. The Balaban J connectivity index is 0.00000289. The van der Waals surface area contributed by atoms with Gasteiger partial charge in [-0.25, -0.2) is 0 Å². The molecule has 0 aromatic heterocycles. The van der Waals surface area contributed by atoms with Crippen LogP contribution in [0.15, 0.2) is 42.5 Å². The number of nitrogens with zero attached hydrogens (tertiary/aromatic N) is 2. The highest BCUT2D eigenvalue weighted by atomic mass is 35.5. The van der Waals surface area contributed by atoms with E-state index < -0.39 is 0 Å². The molecule has 3 atom stereocenters. The number of halogens is 1. The summed E-state index contributed by atoms with van der Waals surface area (Å²) in [6.45, 7) is 8.45. The molecule has 2 N–H and O–H groups in total. The minimum atomic E-state index is -0.0111. The van der Waals surface area contributed by atoms with Crippen molar-refractivity contribution in [2.24, 2.45) is 17.6 Å². The SMILES string of the molecule is CC(=O)N1C[C@H]2CN(C(=O)c3cc(C)ccc3OCCN)C[C@H]2[C@H]1c1ccccc1C.Cl. The molecule has 6 nitrogen and oxygen atoms in total. The molecule has 0 unspecified atom stereocenters. The molecule has 0 saturated carbocycles. The molecule has 2 amide bonds. The quantitative estimate of drug-likeness (QED) is 0.747. The lowest BCUT2D eigenvalue weighted by Crippen LogP contribution is -2.36. The Bertz CT molecular complexity index is 996. The van der Waals surface area contributed by atoms with Gasteiger partial charge in [0.05, 0.1) is 11.6 Å². The fourth-order valence-corrected chi connectivity index (χ4v) is 5.13. The van der Waals surface area contributed by atoms with E-state index in [-0.39, 0.29) is 42.1 Å². The van der Waals surface area contributed by atoms with Crippen molar-refractivity contribution in [3.8, 4) is 5.75 Å². The van der Waals surface area contributed by atoms with Crippen LogP contribution in [-0.2, 0) is 4.79 Å². The zero-order valence-electron chi connectivity index (χ0n) is 18.9. The third-order valence-corrected chi connectivity index (χ3v) is 6.60. The lowest BCUT2D eigenvalue weighted by atomic mass is 9.87. The Labute approximate surface area is 196 Å². The molecule has 2 aromatic rings. The van der Waals surface area contributed by atoms with E-state index in [1.54, 1.807) is 6.92 Å². The number of benzene rings is 2. The Hall–Kier alpha value is -2.57. The summed E-state index contributed by atoms with van der Waals surface area (Å²) in [5.74, 6) is 1.17. The molecule has 2 fully saturated rings. The van der Waals surface area contributed by atoms with Crippen LogP contribution in [0, 0.1) is 25.7 Å². The molecule has 2 saturated heterocycles. The van der Waals surface area contributed by atoms with E-state index in [0.717, 1.165) is 5.56 Å². The first-order chi connectivity index (χ1) is 14.9. The molecule has 172 valence electrons. The van der Waals surface area contributed by atoms with Crippen LogP contribution in [0.3, 0.4) is 0 Å². The number of aryl methyl sites for hydroxylation is 2. The largest absolute Gasteiger partial charge is 0.491 e. The highest BCUT2D eigenvalue weighted by molar-refractivity contribution is 5.97. The van der Waals surface area contributed by atoms with Crippen LogP contribution in [0.25, 0.3) is 0 Å². The fourth-order valence-electron chi connectivity index (χ4n) is 5.13. The van der Waals surface area contributed by atoms with Crippen LogP contribution >= 0.6 is 12.4 Å². The molecule has 0 bridgehead atoms. The number of amides is 2. The van der Waals surface area contributed by atoms with Gasteiger partial charge in [-0.1, -0.05) is 35.9 Å². The van der Waals surface area contributed by atoms with Crippen molar-refractivity contribution in [3.63, 3.8) is 0 Å². The maximum absolute atomic E-state index is 13.5. The predicted molar refractivity (Wildman–Crippen MR) is 127 cm³/mol. The lowest BCUT2D eigenvalue weighted by Gasteiger charge is -2.30. The van der Waals surface area contributed by atoms with E-state index in [9.17, 15) is 9.59 Å². The normalized spacial score (nSPS) is 21.8. The highest BCUT2D eigenvalue weighted by Crippen LogP contribution is 2.46. The second kappa shape index (κ2) is 9.92. The van der Waals surface area contributed by atoms with Gasteiger partial charge < -0.3 is 20.3 Å². The zero-order chi connectivity index (χ0) is 22.1. The van der Waals surface area contributed by atoms with Crippen LogP contribution in [0.2, 0.25) is 0 Å². The summed E-state index contributed by atoms with van der Waals surface area (Å²) < 4.78 is 5.75. The van der Waals surface area contributed by atoms with E-state index in [4.69, 9.17) is 10.5 Å². The maximum atomic E-state index is 13.5. The fraction of sp³-hybridized carbons (Fsp3) is 0.440. The van der Waals surface area contributed by atoms with Gasteiger partial charge in [0.25, 0.3) is 5.91 Å². The summed E-state index contributed by atoms with van der Waals surface area (Å²) in [5, 5.41) is 0. The van der Waals surface area contributed by atoms with Crippen molar-refractivity contribution in [3.05, 3.63) is 64.7 Å². The molecule has 0 spiro atoms. The average molecular weight is 458 g/mol. The lowest BCUT2D eigenvalue weighted by molar-refractivity contribution is -0.130. The van der Waals surface area contributed by atoms with E-state index in [2.05, 4.69) is 19.1 Å². The van der Waals surface area contributed by atoms with Crippen molar-refractivity contribution in [2.75, 3.05) is 32.8 Å². The Kier molecular flexibility index (Phi) is 7.47. The van der Waals surface area contributed by atoms with Gasteiger partial charge in [0.15, 0.2) is 0 Å². The van der Waals surface area contributed by atoms with Gasteiger partial charge in [-0.15, -0.1) is 12.4 Å². The molecular weight excluding hydrogens is 426 g/mol. The molecule has 2 aliphatic heterocycles. The van der Waals surface area contributed by atoms with E-state index in [1.165, 1.54) is 11.1 Å². The Morgan fingerprint density at radius 2 is 1.84 bits per heavy atom. The molecule has 7 heteroatoms. The van der Waals surface area contributed by atoms with Crippen molar-refractivity contribution < 1.29 is 14.3 Å². The third kappa shape index (κ3) is 4.48. The summed E-state index contributed by atoms with van der Waals surface area (Å²) in [6, 6.07) is 13.9. The molecule has 2 aliphatic rings. The van der Waals surface area contributed by atoms with Crippen LogP contribution < -0.4 is 10.5 Å². The van der Waals surface area contributed by atoms with E-state index >= 15 is 0 Å². The second-order valence-electron chi connectivity index (χ2n) is 8.74. The Morgan fingerprint density at radius 3 is 2.53 bits per heavy atom. The number of hydrogen-bond acceptors (Lipinski definition) is 4. The first kappa shape index (κ1) is 24.1. The first-order valence-corrected chi connectivity index (χ1v) is 11.0. The van der Waals surface area contributed by atoms with Crippen molar-refractivity contribution in [1.29, 1.82) is 0 Å². The van der Waals surface area contributed by atoms with Gasteiger partial charge in [-0.3, -0.25) is 9.59 Å². The van der Waals surface area contributed by atoms with Gasteiger partial charge in [-0.05, 0) is 37.1 Å². The highest BCUT2D eigenvalue weighted by Gasteiger charge is 2.49. The number of fused-ring (bicyclic) bond motifs is 1. The van der Waals surface area contributed by atoms with Crippen molar-refractivity contribution in [2.45, 2.75) is 26.8 Å². The maximum Gasteiger partial charge on any atom is 0.257 e. The van der Waals surface area contributed by atoms with E-state index in [1.807, 2.05) is 47.1 Å². The van der Waals surface area contributed by atoms with E-state index in [0.29, 0.717) is 44.1 Å². The summed E-state index contributed by atoms with van der Waals surface area (Å²) in [7, 11) is 0. The third-order valence-electron chi connectivity index (χ3n) is 6.60. The average Bonchev–Trinajstić information content (AvgIpc) is 3.31. The van der Waals surface area contributed by atoms with Crippen molar-refractivity contribution in [1.82, 2.24) is 9.80 Å². The van der Waals surface area contributed by atoms with Crippen LogP contribution in [0.1, 0.15) is 40.0 Å². The number of carbonyl (C=O) groups is 2. The molecule has 2 heterocycles. The monoisotopic (exact) mass is 457 g/mol. The molecule has 0 radical (unpaired) electrons. The summed E-state index contributed by atoms with van der Waals surface area (Å²) in [4.78, 5) is 29.8. The molecule has 2 aromatic carbocycles. The van der Waals surface area contributed by atoms with Gasteiger partial charge in [0.1, 0.15) is 12.4 Å². The number of nitrogens with two attached hydrogens (primary N) is 1. The molecule has 0 aliphatic carbocycles. The number of hydrogen-bond donors (Lipinski definition) is 1. The standard InChI is InChI=1S/C25H31N3O3.ClH/c1-16-8-9-23(31-11-10-26)21(12-16)25(30)27-13-19-14-28(18(3)29)24(22(19)15-27)20-7-5-4-6-17(20)2;/h4-9,12,19,22,24H,10-11,13-15,26H2,1-3H3;1H/t19-,22-,24-;/m1./s1. The van der Waals surface area contributed by atoms with Gasteiger partial charge in [0.2, 0.25) is 5.91 Å². The van der Waals surface area contributed by atoms with Gasteiger partial charge in [-0.2, -0.15) is 0 Å². The minimum Gasteiger partial charge on any atom is -0.491 e. The summed E-state index contributed by atoms with van der Waals surface area (Å²) >= 11 is 0. The number of ether oxygens (including phenoxy) is 1. The number of rotatable bonds is 5. The number of likely N-dealkylation sites (tertiary alicyclic amines) is 2. The summed E-state index contributed by atoms with van der Waals surface area (Å²) in [5.41, 5.74) is 9.55. The molecule has 32 heavy (non-hydrogen) atoms. The van der Waals surface area contributed by atoms with Crippen LogP contribution in [0.5, 0.6) is 5.75 Å². The predicted octanol–water partition coefficient (Wildman–Crippen LogP) is 3.35.